The molecule has 6 rings (SSSR count). The first-order chi connectivity index (χ1) is 16.9. The minimum Gasteiger partial charge on any atom is -0.472 e. The minimum atomic E-state index is -1.15. The SMILES string of the molecule is CC1(c2ccc(F)cc2)C(=O)Nc2nc(-c3cn4ccnc4c(OC4CCCCC4)n3)nc(N)c21. The Balaban J connectivity index is 1.43. The van der Waals surface area contributed by atoms with Crippen molar-refractivity contribution in [3.05, 3.63) is 59.8 Å². The largest absolute Gasteiger partial charge is 0.472 e. The van der Waals surface area contributed by atoms with Crippen LogP contribution in [0.3, 0.4) is 0 Å². The van der Waals surface area contributed by atoms with Crippen LogP contribution in [-0.2, 0) is 10.2 Å². The Hall–Kier alpha value is -4.08. The summed E-state index contributed by atoms with van der Waals surface area (Å²) >= 11 is 0. The van der Waals surface area contributed by atoms with Crippen molar-refractivity contribution >= 4 is 23.2 Å². The molecule has 1 saturated carbocycles. The smallest absolute Gasteiger partial charge is 0.259 e. The molecule has 1 aliphatic carbocycles. The van der Waals surface area contributed by atoms with Gasteiger partial charge in [-0.2, -0.15) is 0 Å². The van der Waals surface area contributed by atoms with Crippen molar-refractivity contribution in [1.29, 1.82) is 0 Å². The van der Waals surface area contributed by atoms with Crippen LogP contribution < -0.4 is 15.8 Å². The highest BCUT2D eigenvalue weighted by Gasteiger charge is 2.47. The van der Waals surface area contributed by atoms with Gasteiger partial charge in [0.25, 0.3) is 5.88 Å². The first kappa shape index (κ1) is 21.5. The molecule has 1 fully saturated rings. The number of imidazole rings is 1. The quantitative estimate of drug-likeness (QED) is 0.461. The van der Waals surface area contributed by atoms with Crippen LogP contribution in [0.25, 0.3) is 17.2 Å². The summed E-state index contributed by atoms with van der Waals surface area (Å²) in [4.78, 5) is 31.3. The molecule has 4 heterocycles. The predicted octanol–water partition coefficient (Wildman–Crippen LogP) is 3.88. The molecule has 3 N–H and O–H groups in total. The number of nitrogens with one attached hydrogen (secondary N) is 1. The third-order valence-corrected chi connectivity index (χ3v) is 6.95. The first-order valence-corrected chi connectivity index (χ1v) is 11.7. The number of carbonyl (C=O) groups is 1. The zero-order chi connectivity index (χ0) is 24.2. The molecule has 35 heavy (non-hydrogen) atoms. The van der Waals surface area contributed by atoms with E-state index in [1.165, 1.54) is 18.6 Å². The number of nitrogen functional groups attached to an aromatic ring is 1. The van der Waals surface area contributed by atoms with Crippen LogP contribution in [0.1, 0.15) is 50.2 Å². The topological polar surface area (TPSA) is 120 Å². The van der Waals surface area contributed by atoms with Crippen LogP contribution in [0.2, 0.25) is 0 Å². The zero-order valence-corrected chi connectivity index (χ0v) is 19.2. The Labute approximate surface area is 200 Å². The van der Waals surface area contributed by atoms with Gasteiger partial charge in [-0.05, 0) is 50.3 Å². The van der Waals surface area contributed by atoms with Crippen molar-refractivity contribution in [2.45, 2.75) is 50.5 Å². The highest BCUT2D eigenvalue weighted by molar-refractivity contribution is 6.09. The number of nitrogens with two attached hydrogens (primary N) is 1. The van der Waals surface area contributed by atoms with Crippen molar-refractivity contribution < 1.29 is 13.9 Å². The molecule has 1 aliphatic heterocycles. The van der Waals surface area contributed by atoms with Crippen LogP contribution in [0.5, 0.6) is 5.88 Å². The van der Waals surface area contributed by atoms with Gasteiger partial charge in [-0.25, -0.2) is 24.3 Å². The van der Waals surface area contributed by atoms with Crippen molar-refractivity contribution in [2.24, 2.45) is 0 Å². The van der Waals surface area contributed by atoms with Crippen molar-refractivity contribution in [1.82, 2.24) is 24.3 Å². The molecule has 4 aromatic rings. The maximum absolute atomic E-state index is 13.5. The number of hydrogen-bond acceptors (Lipinski definition) is 7. The third kappa shape index (κ3) is 3.48. The molecule has 10 heteroatoms. The lowest BCUT2D eigenvalue weighted by Gasteiger charge is -2.23. The number of rotatable bonds is 4. The number of benzene rings is 1. The van der Waals surface area contributed by atoms with Gasteiger partial charge in [-0.15, -0.1) is 0 Å². The second kappa shape index (κ2) is 8.00. The van der Waals surface area contributed by atoms with E-state index in [0.717, 1.165) is 25.7 Å². The number of fused-ring (bicyclic) bond motifs is 2. The molecular weight excluding hydrogens is 449 g/mol. The number of nitrogens with zero attached hydrogens (tertiary/aromatic N) is 5. The van der Waals surface area contributed by atoms with E-state index in [4.69, 9.17) is 10.5 Å². The van der Waals surface area contributed by atoms with E-state index in [1.807, 2.05) is 4.40 Å². The first-order valence-electron chi connectivity index (χ1n) is 11.7. The summed E-state index contributed by atoms with van der Waals surface area (Å²) in [5.41, 5.74) is 7.37. The Morgan fingerprint density at radius 1 is 1.14 bits per heavy atom. The highest BCUT2D eigenvalue weighted by atomic mass is 19.1. The maximum Gasteiger partial charge on any atom is 0.259 e. The average molecular weight is 474 g/mol. The molecule has 1 atom stereocenters. The standard InChI is InChI=1S/C25H24FN7O2/c1-25(14-7-9-15(26)10-8-14)18-19(27)30-20(31-21(18)32-24(25)34)17-13-33-12-11-28-22(33)23(29-17)35-16-5-3-2-4-6-16/h7-13,16H,2-6H2,1H3,(H3,27,30,31,32,34). The molecule has 2 aliphatic rings. The molecule has 1 unspecified atom stereocenters. The van der Waals surface area contributed by atoms with E-state index >= 15 is 0 Å². The van der Waals surface area contributed by atoms with Gasteiger partial charge >= 0.3 is 0 Å². The number of carbonyl (C=O) groups excluding carboxylic acids is 1. The number of aromatic nitrogens is 5. The van der Waals surface area contributed by atoms with E-state index in [-0.39, 0.29) is 29.5 Å². The predicted molar refractivity (Wildman–Crippen MR) is 127 cm³/mol. The van der Waals surface area contributed by atoms with E-state index in [1.54, 1.807) is 37.6 Å². The van der Waals surface area contributed by atoms with E-state index < -0.39 is 5.41 Å². The maximum atomic E-state index is 13.5. The van der Waals surface area contributed by atoms with Gasteiger partial charge in [0.1, 0.15) is 34.7 Å². The second-order valence-corrected chi connectivity index (χ2v) is 9.21. The van der Waals surface area contributed by atoms with Crippen molar-refractivity contribution in [3.8, 4) is 17.4 Å². The Morgan fingerprint density at radius 2 is 1.91 bits per heavy atom. The summed E-state index contributed by atoms with van der Waals surface area (Å²) in [6, 6.07) is 5.77. The van der Waals surface area contributed by atoms with E-state index in [9.17, 15) is 9.18 Å². The molecule has 3 aromatic heterocycles. The number of ether oxygens (including phenoxy) is 1. The fourth-order valence-corrected chi connectivity index (χ4v) is 5.01. The van der Waals surface area contributed by atoms with Crippen molar-refractivity contribution in [2.75, 3.05) is 11.1 Å². The van der Waals surface area contributed by atoms with Gasteiger partial charge < -0.3 is 20.2 Å². The highest BCUT2D eigenvalue weighted by Crippen LogP contribution is 2.45. The van der Waals surface area contributed by atoms with Crippen LogP contribution in [0, 0.1) is 5.82 Å². The minimum absolute atomic E-state index is 0.0914. The fourth-order valence-electron chi connectivity index (χ4n) is 5.01. The number of amides is 1. The summed E-state index contributed by atoms with van der Waals surface area (Å²) in [7, 11) is 0. The van der Waals surface area contributed by atoms with Gasteiger partial charge in [-0.1, -0.05) is 18.6 Å². The molecule has 0 radical (unpaired) electrons. The summed E-state index contributed by atoms with van der Waals surface area (Å²) in [5.74, 6) is 0.444. The van der Waals surface area contributed by atoms with Gasteiger partial charge in [0.2, 0.25) is 11.6 Å². The fraction of sp³-hybridized carbons (Fsp3) is 0.320. The van der Waals surface area contributed by atoms with E-state index in [0.29, 0.717) is 34.2 Å². The summed E-state index contributed by atoms with van der Waals surface area (Å²) < 4.78 is 21.6. The molecule has 1 aromatic carbocycles. The van der Waals surface area contributed by atoms with Crippen LogP contribution in [0.4, 0.5) is 16.0 Å². The van der Waals surface area contributed by atoms with E-state index in [2.05, 4.69) is 25.3 Å². The summed E-state index contributed by atoms with van der Waals surface area (Å²) in [6.07, 6.45) is 10.8. The Kier molecular flexibility index (Phi) is 4.91. The van der Waals surface area contributed by atoms with Gasteiger partial charge in [0.05, 0.1) is 5.56 Å². The van der Waals surface area contributed by atoms with Crippen LogP contribution in [-0.4, -0.2) is 36.3 Å². The molecule has 0 saturated heterocycles. The van der Waals surface area contributed by atoms with Gasteiger partial charge in [0.15, 0.2) is 5.82 Å². The van der Waals surface area contributed by atoms with Gasteiger partial charge in [-0.3, -0.25) is 4.79 Å². The monoisotopic (exact) mass is 473 g/mol. The summed E-state index contributed by atoms with van der Waals surface area (Å²) in [5, 5.41) is 2.82. The van der Waals surface area contributed by atoms with Gasteiger partial charge in [0, 0.05) is 18.6 Å². The number of anilines is 2. The third-order valence-electron chi connectivity index (χ3n) is 6.95. The van der Waals surface area contributed by atoms with Crippen LogP contribution in [0.15, 0.2) is 42.9 Å². The lowest BCUT2D eigenvalue weighted by molar-refractivity contribution is -0.119. The van der Waals surface area contributed by atoms with Crippen molar-refractivity contribution in [3.63, 3.8) is 0 Å². The number of halogens is 1. The lowest BCUT2D eigenvalue weighted by atomic mass is 9.78. The number of hydrogen-bond donors (Lipinski definition) is 2. The second-order valence-electron chi connectivity index (χ2n) is 9.21. The Morgan fingerprint density at radius 3 is 2.69 bits per heavy atom. The molecular formula is C25H24FN7O2. The molecule has 0 spiro atoms. The van der Waals surface area contributed by atoms with Crippen LogP contribution >= 0.6 is 0 Å². The normalized spacial score (nSPS) is 20.1. The molecule has 1 amide bonds. The lowest BCUT2D eigenvalue weighted by Crippen LogP contribution is -2.33. The molecule has 0 bridgehead atoms. The molecule has 178 valence electrons. The summed E-state index contributed by atoms with van der Waals surface area (Å²) in [6.45, 7) is 1.73. The Bertz CT molecular complexity index is 1450. The zero-order valence-electron chi connectivity index (χ0n) is 19.2. The molecule has 9 nitrogen and oxygen atoms in total. The average Bonchev–Trinajstić information content (AvgIpc) is 3.43.